The van der Waals surface area contributed by atoms with Crippen molar-refractivity contribution in [1.29, 1.82) is 0 Å². The van der Waals surface area contributed by atoms with E-state index in [1.165, 1.54) is 12.1 Å². The van der Waals surface area contributed by atoms with Gasteiger partial charge < -0.3 is 0 Å². The van der Waals surface area contributed by atoms with E-state index in [1.54, 1.807) is 20.8 Å². The van der Waals surface area contributed by atoms with Crippen LogP contribution in [0.4, 0.5) is 10.1 Å². The van der Waals surface area contributed by atoms with Crippen LogP contribution in [0.15, 0.2) is 22.7 Å². The van der Waals surface area contributed by atoms with E-state index in [9.17, 15) is 12.8 Å². The average molecular weight is 325 g/mol. The molecule has 0 amide bonds. The van der Waals surface area contributed by atoms with Crippen molar-refractivity contribution in [3.8, 4) is 0 Å². The average Bonchev–Trinajstić information content (AvgIpc) is 2.06. The van der Waals surface area contributed by atoms with Crippen LogP contribution >= 0.6 is 15.9 Å². The zero-order valence-corrected chi connectivity index (χ0v) is 12.1. The molecule has 0 aliphatic rings. The molecular formula is C10H14BrFN2O2S. The molecule has 96 valence electrons. The second kappa shape index (κ2) is 4.91. The van der Waals surface area contributed by atoms with Gasteiger partial charge in [0.05, 0.1) is 10.2 Å². The monoisotopic (exact) mass is 324 g/mol. The van der Waals surface area contributed by atoms with Crippen LogP contribution < -0.4 is 9.44 Å². The van der Waals surface area contributed by atoms with Crippen LogP contribution in [-0.2, 0) is 10.2 Å². The Hall–Kier alpha value is -0.660. The molecule has 1 aromatic carbocycles. The highest BCUT2D eigenvalue weighted by Crippen LogP contribution is 2.20. The molecule has 17 heavy (non-hydrogen) atoms. The van der Waals surface area contributed by atoms with E-state index in [0.717, 1.165) is 6.07 Å². The first-order chi connectivity index (χ1) is 7.59. The number of rotatable bonds is 3. The van der Waals surface area contributed by atoms with Crippen molar-refractivity contribution >= 4 is 31.8 Å². The lowest BCUT2D eigenvalue weighted by molar-refractivity contribution is 0.494. The summed E-state index contributed by atoms with van der Waals surface area (Å²) in [5.74, 6) is -0.527. The second-order valence-corrected chi connectivity index (χ2v) is 6.86. The Bertz CT molecular complexity index is 512. The molecule has 0 aromatic heterocycles. The first-order valence-corrected chi connectivity index (χ1v) is 7.13. The maximum Gasteiger partial charge on any atom is 0.299 e. The van der Waals surface area contributed by atoms with Gasteiger partial charge in [-0.25, -0.2) is 4.39 Å². The van der Waals surface area contributed by atoms with Crippen LogP contribution in [0.3, 0.4) is 0 Å². The van der Waals surface area contributed by atoms with Crippen molar-refractivity contribution in [3.63, 3.8) is 0 Å². The van der Waals surface area contributed by atoms with Gasteiger partial charge in [-0.3, -0.25) is 4.72 Å². The van der Waals surface area contributed by atoms with Crippen molar-refractivity contribution < 1.29 is 12.8 Å². The Kier molecular flexibility index (Phi) is 4.16. The number of hydrogen-bond donors (Lipinski definition) is 2. The molecule has 0 saturated carbocycles. The van der Waals surface area contributed by atoms with E-state index >= 15 is 0 Å². The van der Waals surface area contributed by atoms with Gasteiger partial charge in [-0.1, -0.05) is 0 Å². The third-order valence-corrected chi connectivity index (χ3v) is 3.64. The van der Waals surface area contributed by atoms with Crippen LogP contribution in [0.25, 0.3) is 0 Å². The van der Waals surface area contributed by atoms with E-state index in [2.05, 4.69) is 25.4 Å². The van der Waals surface area contributed by atoms with E-state index in [1.807, 2.05) is 0 Å². The van der Waals surface area contributed by atoms with E-state index in [0.29, 0.717) is 0 Å². The number of hydrogen-bond acceptors (Lipinski definition) is 2. The fourth-order valence-corrected chi connectivity index (χ4v) is 2.68. The quantitative estimate of drug-likeness (QED) is 0.898. The highest BCUT2D eigenvalue weighted by atomic mass is 79.9. The zero-order valence-electron chi connectivity index (χ0n) is 9.71. The van der Waals surface area contributed by atoms with Gasteiger partial charge in [-0.2, -0.15) is 13.1 Å². The Morgan fingerprint density at radius 3 is 2.35 bits per heavy atom. The molecule has 0 aliphatic carbocycles. The minimum atomic E-state index is -3.70. The lowest BCUT2D eigenvalue weighted by Gasteiger charge is -2.20. The summed E-state index contributed by atoms with van der Waals surface area (Å²) in [5, 5.41) is 0. The lowest BCUT2D eigenvalue weighted by Crippen LogP contribution is -2.43. The van der Waals surface area contributed by atoms with Crippen molar-refractivity contribution in [2.75, 3.05) is 4.72 Å². The molecule has 0 fully saturated rings. The molecule has 1 aromatic rings. The number of nitrogens with one attached hydrogen (secondary N) is 2. The Morgan fingerprint density at radius 1 is 1.29 bits per heavy atom. The summed E-state index contributed by atoms with van der Waals surface area (Å²) >= 11 is 2.99. The molecule has 0 bridgehead atoms. The van der Waals surface area contributed by atoms with Crippen molar-refractivity contribution in [2.24, 2.45) is 0 Å². The highest BCUT2D eigenvalue weighted by Gasteiger charge is 2.19. The highest BCUT2D eigenvalue weighted by molar-refractivity contribution is 9.10. The van der Waals surface area contributed by atoms with Crippen molar-refractivity contribution in [2.45, 2.75) is 26.3 Å². The van der Waals surface area contributed by atoms with Gasteiger partial charge >= 0.3 is 0 Å². The van der Waals surface area contributed by atoms with Gasteiger partial charge in [0, 0.05) is 5.54 Å². The third kappa shape index (κ3) is 5.01. The van der Waals surface area contributed by atoms with Gasteiger partial charge in [0.25, 0.3) is 10.2 Å². The van der Waals surface area contributed by atoms with Gasteiger partial charge in [0.15, 0.2) is 0 Å². The van der Waals surface area contributed by atoms with Gasteiger partial charge in [0.1, 0.15) is 5.82 Å². The molecule has 2 N–H and O–H groups in total. The number of anilines is 1. The third-order valence-electron chi connectivity index (χ3n) is 1.61. The van der Waals surface area contributed by atoms with E-state index in [4.69, 9.17) is 0 Å². The molecule has 0 heterocycles. The molecule has 0 aliphatic heterocycles. The van der Waals surface area contributed by atoms with Gasteiger partial charge in [-0.15, -0.1) is 0 Å². The standard InChI is InChI=1S/C10H14BrFN2O2S/c1-10(2,3)14-17(15,16)13-7-4-5-8(11)9(12)6-7/h4-6,13-14H,1-3H3. The minimum Gasteiger partial charge on any atom is -0.271 e. The molecule has 0 unspecified atom stereocenters. The Labute approximate surface area is 109 Å². The topological polar surface area (TPSA) is 58.2 Å². The predicted octanol–water partition coefficient (Wildman–Crippen LogP) is 2.63. The molecule has 7 heteroatoms. The SMILES string of the molecule is CC(C)(C)NS(=O)(=O)Nc1ccc(Br)c(F)c1. The molecule has 0 radical (unpaired) electrons. The number of halogens is 2. The Morgan fingerprint density at radius 2 is 1.88 bits per heavy atom. The van der Waals surface area contributed by atoms with Gasteiger partial charge in [-0.05, 0) is 54.9 Å². The lowest BCUT2D eigenvalue weighted by atomic mass is 10.1. The minimum absolute atomic E-state index is 0.169. The van der Waals surface area contributed by atoms with Crippen molar-refractivity contribution in [3.05, 3.63) is 28.5 Å². The molecule has 0 spiro atoms. The summed E-state index contributed by atoms with van der Waals surface area (Å²) < 4.78 is 41.4. The summed E-state index contributed by atoms with van der Waals surface area (Å²) in [6.07, 6.45) is 0. The van der Waals surface area contributed by atoms with Crippen LogP contribution in [-0.4, -0.2) is 14.0 Å². The fraction of sp³-hybridized carbons (Fsp3) is 0.400. The maximum absolute atomic E-state index is 13.2. The van der Waals surface area contributed by atoms with Gasteiger partial charge in [0.2, 0.25) is 0 Å². The molecule has 4 nitrogen and oxygen atoms in total. The Balaban J connectivity index is 2.87. The summed E-state index contributed by atoms with van der Waals surface area (Å²) in [6.45, 7) is 5.15. The van der Waals surface area contributed by atoms with E-state index < -0.39 is 21.6 Å². The maximum atomic E-state index is 13.2. The van der Waals surface area contributed by atoms with Crippen LogP contribution in [0.1, 0.15) is 20.8 Å². The second-order valence-electron chi connectivity index (χ2n) is 4.59. The van der Waals surface area contributed by atoms with Crippen LogP contribution in [0.2, 0.25) is 0 Å². The largest absolute Gasteiger partial charge is 0.299 e. The normalized spacial score (nSPS) is 12.5. The van der Waals surface area contributed by atoms with Crippen LogP contribution in [0, 0.1) is 5.82 Å². The molecule has 1 rings (SSSR count). The molecule has 0 saturated heterocycles. The predicted molar refractivity (Wildman–Crippen MR) is 69.5 cm³/mol. The fourth-order valence-electron chi connectivity index (χ4n) is 1.14. The summed E-state index contributed by atoms with van der Waals surface area (Å²) in [6, 6.07) is 4.01. The van der Waals surface area contributed by atoms with Crippen molar-refractivity contribution in [1.82, 2.24) is 4.72 Å². The molecule has 0 atom stereocenters. The first kappa shape index (κ1) is 14.4. The summed E-state index contributed by atoms with van der Waals surface area (Å²) in [7, 11) is -3.70. The zero-order chi connectivity index (χ0) is 13.3. The van der Waals surface area contributed by atoms with Crippen LogP contribution in [0.5, 0.6) is 0 Å². The summed E-state index contributed by atoms with van der Waals surface area (Å²) in [5.41, 5.74) is -0.429. The summed E-state index contributed by atoms with van der Waals surface area (Å²) in [4.78, 5) is 0. The van der Waals surface area contributed by atoms with E-state index in [-0.39, 0.29) is 10.2 Å². The first-order valence-electron chi connectivity index (χ1n) is 4.86. The smallest absolute Gasteiger partial charge is 0.271 e. The molecular weight excluding hydrogens is 311 g/mol. The number of benzene rings is 1.